The minimum atomic E-state index is -3.99. The lowest BCUT2D eigenvalue weighted by Crippen LogP contribution is -2.64. The summed E-state index contributed by atoms with van der Waals surface area (Å²) in [4.78, 5) is 13.7. The van der Waals surface area contributed by atoms with Crippen molar-refractivity contribution in [1.29, 1.82) is 0 Å². The van der Waals surface area contributed by atoms with E-state index in [1.54, 1.807) is 0 Å². The minimum Gasteiger partial charge on any atom is -0.390 e. The number of rotatable bonds is 7. The standard InChI is InChI=1S/C21H27FN2O4S/c22-17-3-1-2-4-18(17)29(27,28)23-12-20(5-6-20)24(13-25)19-15-7-14-8-16(19)11-21(26,9-14)10-15/h1-4,13-16,19,23,26H,5-12H2. The van der Waals surface area contributed by atoms with E-state index in [0.29, 0.717) is 5.92 Å². The van der Waals surface area contributed by atoms with Crippen LogP contribution in [0.2, 0.25) is 0 Å². The van der Waals surface area contributed by atoms with E-state index in [2.05, 4.69) is 4.72 Å². The van der Waals surface area contributed by atoms with Crippen LogP contribution in [-0.2, 0) is 14.8 Å². The predicted molar refractivity (Wildman–Crippen MR) is 104 cm³/mol. The van der Waals surface area contributed by atoms with Crippen LogP contribution in [0, 0.1) is 23.6 Å². The first-order valence-electron chi connectivity index (χ1n) is 10.5. The molecule has 158 valence electrons. The molecule has 1 aromatic carbocycles. The normalized spacial score (nSPS) is 36.8. The molecule has 1 amide bonds. The Labute approximate surface area is 170 Å². The summed E-state index contributed by atoms with van der Waals surface area (Å²) in [6.07, 6.45) is 6.74. The first-order valence-corrected chi connectivity index (χ1v) is 11.9. The average Bonchev–Trinajstić information content (AvgIpc) is 3.43. The van der Waals surface area contributed by atoms with Crippen LogP contribution < -0.4 is 4.72 Å². The van der Waals surface area contributed by atoms with Gasteiger partial charge in [-0.25, -0.2) is 17.5 Å². The van der Waals surface area contributed by atoms with Gasteiger partial charge in [-0.1, -0.05) is 12.1 Å². The third kappa shape index (κ3) is 3.20. The van der Waals surface area contributed by atoms with E-state index in [1.165, 1.54) is 18.2 Å². The summed E-state index contributed by atoms with van der Waals surface area (Å²) in [6.45, 7) is 0.0893. The Kier molecular flexibility index (Phi) is 4.35. The average molecular weight is 423 g/mol. The highest BCUT2D eigenvalue weighted by molar-refractivity contribution is 7.89. The van der Waals surface area contributed by atoms with Crippen LogP contribution in [0.5, 0.6) is 0 Å². The molecule has 1 aromatic rings. The molecule has 8 heteroatoms. The Hall–Kier alpha value is -1.51. The van der Waals surface area contributed by atoms with Gasteiger partial charge in [-0.15, -0.1) is 0 Å². The number of benzene rings is 1. The first kappa shape index (κ1) is 19.5. The molecule has 29 heavy (non-hydrogen) atoms. The Balaban J connectivity index is 1.35. The summed E-state index contributed by atoms with van der Waals surface area (Å²) in [7, 11) is -3.99. The van der Waals surface area contributed by atoms with Crippen LogP contribution in [0.25, 0.3) is 0 Å². The lowest BCUT2D eigenvalue weighted by Gasteiger charge is -2.60. The summed E-state index contributed by atoms with van der Waals surface area (Å²) in [6, 6.07) is 5.36. The zero-order chi connectivity index (χ0) is 20.4. The van der Waals surface area contributed by atoms with Gasteiger partial charge in [0.1, 0.15) is 10.7 Å². The summed E-state index contributed by atoms with van der Waals surface area (Å²) < 4.78 is 41.7. The van der Waals surface area contributed by atoms with Gasteiger partial charge in [0.25, 0.3) is 0 Å². The third-order valence-corrected chi connectivity index (χ3v) is 9.15. The summed E-state index contributed by atoms with van der Waals surface area (Å²) >= 11 is 0. The minimum absolute atomic E-state index is 0.0600. The zero-order valence-electron chi connectivity index (χ0n) is 16.3. The monoisotopic (exact) mass is 422 g/mol. The maximum Gasteiger partial charge on any atom is 0.243 e. The van der Waals surface area contributed by atoms with Crippen molar-refractivity contribution in [3.05, 3.63) is 30.1 Å². The molecule has 6 nitrogen and oxygen atoms in total. The van der Waals surface area contributed by atoms with Gasteiger partial charge in [0.05, 0.1) is 11.1 Å². The molecule has 0 spiro atoms. The van der Waals surface area contributed by atoms with Gasteiger partial charge in [0.2, 0.25) is 16.4 Å². The van der Waals surface area contributed by atoms with Crippen molar-refractivity contribution in [2.45, 2.75) is 67.0 Å². The van der Waals surface area contributed by atoms with Crippen LogP contribution >= 0.6 is 0 Å². The maximum atomic E-state index is 14.0. The van der Waals surface area contributed by atoms with E-state index in [0.717, 1.165) is 57.4 Å². The molecular weight excluding hydrogens is 395 g/mol. The number of carbonyl (C=O) groups is 1. The van der Waals surface area contributed by atoms with Crippen molar-refractivity contribution in [2.75, 3.05) is 6.54 Å². The number of amides is 1. The summed E-state index contributed by atoms with van der Waals surface area (Å²) in [5.74, 6) is 0.303. The van der Waals surface area contributed by atoms with Gasteiger partial charge in [0.15, 0.2) is 0 Å². The van der Waals surface area contributed by atoms with Crippen molar-refractivity contribution >= 4 is 16.4 Å². The van der Waals surface area contributed by atoms with E-state index < -0.39 is 27.0 Å². The van der Waals surface area contributed by atoms with Crippen molar-refractivity contribution in [2.24, 2.45) is 17.8 Å². The van der Waals surface area contributed by atoms with Gasteiger partial charge < -0.3 is 10.0 Å². The van der Waals surface area contributed by atoms with E-state index in [-0.39, 0.29) is 29.3 Å². The van der Waals surface area contributed by atoms with Crippen LogP contribution in [0.3, 0.4) is 0 Å². The second-order valence-electron chi connectivity index (χ2n) is 9.68. The maximum absolute atomic E-state index is 14.0. The van der Waals surface area contributed by atoms with E-state index >= 15 is 0 Å². The molecule has 0 radical (unpaired) electrons. The summed E-state index contributed by atoms with van der Waals surface area (Å²) in [5.41, 5.74) is -1.12. The van der Waals surface area contributed by atoms with Crippen LogP contribution in [0.15, 0.2) is 29.2 Å². The fourth-order valence-corrected chi connectivity index (χ4v) is 7.74. The summed E-state index contributed by atoms with van der Waals surface area (Å²) in [5, 5.41) is 10.8. The van der Waals surface area contributed by atoms with Gasteiger partial charge in [-0.3, -0.25) is 4.79 Å². The fraction of sp³-hybridized carbons (Fsp3) is 0.667. The predicted octanol–water partition coefficient (Wildman–Crippen LogP) is 2.03. The number of hydrogen-bond donors (Lipinski definition) is 2. The van der Waals surface area contributed by atoms with Crippen LogP contribution in [0.1, 0.15) is 44.9 Å². The van der Waals surface area contributed by atoms with E-state index in [4.69, 9.17) is 0 Å². The Morgan fingerprint density at radius 1 is 1.17 bits per heavy atom. The van der Waals surface area contributed by atoms with E-state index in [1.807, 2.05) is 4.90 Å². The molecular formula is C21H27FN2O4S. The highest BCUT2D eigenvalue weighted by Crippen LogP contribution is 2.59. The molecule has 0 heterocycles. The second-order valence-corrected chi connectivity index (χ2v) is 11.4. The molecule has 5 saturated carbocycles. The molecule has 0 aliphatic heterocycles. The molecule has 2 unspecified atom stereocenters. The number of carbonyl (C=O) groups excluding carboxylic acids is 1. The quantitative estimate of drug-likeness (QED) is 0.659. The Morgan fingerprint density at radius 3 is 2.38 bits per heavy atom. The molecule has 5 fully saturated rings. The van der Waals surface area contributed by atoms with Crippen molar-refractivity contribution in [3.63, 3.8) is 0 Å². The number of hydrogen-bond acceptors (Lipinski definition) is 4. The number of nitrogens with one attached hydrogen (secondary N) is 1. The number of sulfonamides is 1. The van der Waals surface area contributed by atoms with Crippen molar-refractivity contribution in [1.82, 2.24) is 9.62 Å². The van der Waals surface area contributed by atoms with Gasteiger partial charge in [0, 0.05) is 12.6 Å². The molecule has 0 aromatic heterocycles. The topological polar surface area (TPSA) is 86.7 Å². The third-order valence-electron chi connectivity index (χ3n) is 7.72. The van der Waals surface area contributed by atoms with Gasteiger partial charge in [-0.2, -0.15) is 0 Å². The second kappa shape index (κ2) is 6.49. The Bertz CT molecular complexity index is 916. The molecule has 5 aliphatic rings. The zero-order valence-corrected chi connectivity index (χ0v) is 17.1. The number of nitrogens with zero attached hydrogens (tertiary/aromatic N) is 1. The molecule has 2 atom stereocenters. The lowest BCUT2D eigenvalue weighted by molar-refractivity contribution is -0.170. The largest absolute Gasteiger partial charge is 0.390 e. The van der Waals surface area contributed by atoms with Gasteiger partial charge >= 0.3 is 0 Å². The van der Waals surface area contributed by atoms with Crippen molar-refractivity contribution in [3.8, 4) is 0 Å². The highest BCUT2D eigenvalue weighted by atomic mass is 32.2. The smallest absolute Gasteiger partial charge is 0.243 e. The molecule has 2 N–H and O–H groups in total. The number of halogens is 1. The van der Waals surface area contributed by atoms with Crippen LogP contribution in [0.4, 0.5) is 4.39 Å². The Morgan fingerprint density at radius 2 is 1.83 bits per heavy atom. The fourth-order valence-electron chi connectivity index (χ4n) is 6.55. The highest BCUT2D eigenvalue weighted by Gasteiger charge is 2.60. The van der Waals surface area contributed by atoms with Crippen LogP contribution in [-0.4, -0.2) is 48.6 Å². The van der Waals surface area contributed by atoms with E-state index in [9.17, 15) is 22.7 Å². The molecule has 0 saturated heterocycles. The SMILES string of the molecule is O=CN(C1C2CC3CC1CC(O)(C3)C2)C1(CNS(=O)(=O)c2ccccc2F)CC1. The van der Waals surface area contributed by atoms with Crippen molar-refractivity contribution < 1.29 is 22.7 Å². The first-order chi connectivity index (χ1) is 13.8. The number of aliphatic hydroxyl groups is 1. The lowest BCUT2D eigenvalue weighted by atomic mass is 9.52. The molecule has 6 rings (SSSR count). The van der Waals surface area contributed by atoms with Gasteiger partial charge in [-0.05, 0) is 74.8 Å². The molecule has 5 aliphatic carbocycles. The molecule has 4 bridgehead atoms.